The van der Waals surface area contributed by atoms with Gasteiger partial charge in [-0.05, 0) is 5.92 Å². The average molecular weight is 131 g/mol. The third kappa shape index (κ3) is 2.82. The van der Waals surface area contributed by atoms with E-state index in [1.165, 1.54) is 0 Å². The molecule has 0 bridgehead atoms. The monoisotopic (exact) mass is 131 g/mol. The average Bonchev–Trinajstić information content (AvgIpc) is 1.90. The quantitative estimate of drug-likeness (QED) is 0.591. The van der Waals surface area contributed by atoms with E-state index in [0.29, 0.717) is 5.92 Å². The van der Waals surface area contributed by atoms with Gasteiger partial charge in [0.1, 0.15) is 0 Å². The van der Waals surface area contributed by atoms with Gasteiger partial charge in [0.2, 0.25) is 0 Å². The Balaban J connectivity index is 3.50. The number of hydrogen-bond donors (Lipinski definition) is 2. The van der Waals surface area contributed by atoms with Crippen molar-refractivity contribution in [3.8, 4) is 0 Å². The van der Waals surface area contributed by atoms with Crippen LogP contribution >= 0.6 is 0 Å². The predicted molar refractivity (Wildman–Crippen MR) is 39.1 cm³/mol. The van der Waals surface area contributed by atoms with Crippen molar-refractivity contribution in [2.45, 2.75) is 32.7 Å². The largest absolute Gasteiger partial charge is 0.395 e. The molecule has 0 saturated heterocycles. The van der Waals surface area contributed by atoms with E-state index in [1.54, 1.807) is 0 Å². The molecule has 0 heterocycles. The lowest BCUT2D eigenvalue weighted by atomic mass is 9.96. The summed E-state index contributed by atoms with van der Waals surface area (Å²) in [6, 6.07) is -0.0139. The maximum atomic E-state index is 8.64. The fourth-order valence-corrected chi connectivity index (χ4v) is 1.04. The Bertz CT molecular complexity index is 61.9. The van der Waals surface area contributed by atoms with E-state index in [9.17, 15) is 0 Å². The molecule has 2 heteroatoms. The van der Waals surface area contributed by atoms with Crippen LogP contribution in [-0.4, -0.2) is 17.8 Å². The Morgan fingerprint density at radius 1 is 1.33 bits per heavy atom. The van der Waals surface area contributed by atoms with E-state index in [0.717, 1.165) is 12.8 Å². The van der Waals surface area contributed by atoms with Gasteiger partial charge in [0, 0.05) is 6.04 Å². The van der Waals surface area contributed by atoms with Crippen LogP contribution in [0.5, 0.6) is 0 Å². The molecule has 0 aliphatic rings. The molecule has 1 atom stereocenters. The van der Waals surface area contributed by atoms with Crippen LogP contribution in [0.15, 0.2) is 0 Å². The number of rotatable bonds is 4. The molecule has 0 aromatic rings. The molecule has 0 saturated carbocycles. The third-order valence-corrected chi connectivity index (χ3v) is 1.87. The highest BCUT2D eigenvalue weighted by Gasteiger charge is 2.11. The van der Waals surface area contributed by atoms with Crippen molar-refractivity contribution >= 4 is 0 Å². The highest BCUT2D eigenvalue weighted by Crippen LogP contribution is 2.09. The first kappa shape index (κ1) is 8.92. The van der Waals surface area contributed by atoms with Gasteiger partial charge >= 0.3 is 0 Å². The van der Waals surface area contributed by atoms with Crippen LogP contribution in [0.25, 0.3) is 0 Å². The van der Waals surface area contributed by atoms with Crippen molar-refractivity contribution in [1.82, 2.24) is 0 Å². The van der Waals surface area contributed by atoms with Crippen LogP contribution in [0, 0.1) is 5.92 Å². The van der Waals surface area contributed by atoms with Gasteiger partial charge in [-0.25, -0.2) is 0 Å². The van der Waals surface area contributed by atoms with E-state index >= 15 is 0 Å². The summed E-state index contributed by atoms with van der Waals surface area (Å²) in [5, 5.41) is 8.64. The predicted octanol–water partition coefficient (Wildman–Crippen LogP) is 0.742. The number of nitrogens with two attached hydrogens (primary N) is 1. The SMILES string of the molecule is CCC(CC)C(N)CO. The Labute approximate surface area is 57.1 Å². The molecule has 9 heavy (non-hydrogen) atoms. The maximum absolute atomic E-state index is 8.64. The van der Waals surface area contributed by atoms with Crippen molar-refractivity contribution in [3.05, 3.63) is 0 Å². The van der Waals surface area contributed by atoms with E-state index < -0.39 is 0 Å². The molecule has 0 aromatic carbocycles. The minimum atomic E-state index is -0.0139. The standard InChI is InChI=1S/C7H17NO/c1-3-6(4-2)7(8)5-9/h6-7,9H,3-5,8H2,1-2H3. The van der Waals surface area contributed by atoms with E-state index in [1.807, 2.05) is 0 Å². The van der Waals surface area contributed by atoms with Crippen molar-refractivity contribution in [2.24, 2.45) is 11.7 Å². The van der Waals surface area contributed by atoms with Crippen LogP contribution in [-0.2, 0) is 0 Å². The fraction of sp³-hybridized carbons (Fsp3) is 1.00. The molecule has 2 nitrogen and oxygen atoms in total. The molecule has 3 N–H and O–H groups in total. The lowest BCUT2D eigenvalue weighted by Gasteiger charge is -2.17. The summed E-state index contributed by atoms with van der Waals surface area (Å²) in [7, 11) is 0. The molecule has 0 fully saturated rings. The second kappa shape index (κ2) is 4.77. The molecule has 0 aromatic heterocycles. The van der Waals surface area contributed by atoms with Gasteiger partial charge in [0.15, 0.2) is 0 Å². The highest BCUT2D eigenvalue weighted by atomic mass is 16.3. The molecule has 0 rings (SSSR count). The number of aliphatic hydroxyl groups excluding tert-OH is 1. The molecule has 0 radical (unpaired) electrons. The zero-order chi connectivity index (χ0) is 7.28. The van der Waals surface area contributed by atoms with E-state index in [4.69, 9.17) is 10.8 Å². The summed E-state index contributed by atoms with van der Waals surface area (Å²) in [4.78, 5) is 0. The second-order valence-electron chi connectivity index (χ2n) is 2.42. The first-order valence-corrected chi connectivity index (χ1v) is 3.62. The Morgan fingerprint density at radius 2 is 1.78 bits per heavy atom. The lowest BCUT2D eigenvalue weighted by molar-refractivity contribution is 0.220. The first-order valence-electron chi connectivity index (χ1n) is 3.62. The van der Waals surface area contributed by atoms with Gasteiger partial charge in [-0.2, -0.15) is 0 Å². The maximum Gasteiger partial charge on any atom is 0.0585 e. The summed E-state index contributed by atoms with van der Waals surface area (Å²) in [5.41, 5.74) is 5.59. The van der Waals surface area contributed by atoms with Crippen molar-refractivity contribution in [2.75, 3.05) is 6.61 Å². The van der Waals surface area contributed by atoms with Crippen LogP contribution in [0.3, 0.4) is 0 Å². The summed E-state index contributed by atoms with van der Waals surface area (Å²) in [5.74, 6) is 0.495. The van der Waals surface area contributed by atoms with Crippen molar-refractivity contribution in [1.29, 1.82) is 0 Å². The van der Waals surface area contributed by atoms with E-state index in [2.05, 4.69) is 13.8 Å². The number of hydrogen-bond acceptors (Lipinski definition) is 2. The molecule has 1 unspecified atom stereocenters. The molecule has 0 amide bonds. The van der Waals surface area contributed by atoms with Gasteiger partial charge in [-0.3, -0.25) is 0 Å². The van der Waals surface area contributed by atoms with Gasteiger partial charge in [0.05, 0.1) is 6.61 Å². The van der Waals surface area contributed by atoms with Crippen LogP contribution in [0.1, 0.15) is 26.7 Å². The smallest absolute Gasteiger partial charge is 0.0585 e. The summed E-state index contributed by atoms with van der Waals surface area (Å²) < 4.78 is 0. The van der Waals surface area contributed by atoms with E-state index in [-0.39, 0.29) is 12.6 Å². The van der Waals surface area contributed by atoms with Crippen LogP contribution < -0.4 is 5.73 Å². The second-order valence-corrected chi connectivity index (χ2v) is 2.42. The van der Waals surface area contributed by atoms with Gasteiger partial charge < -0.3 is 10.8 Å². The van der Waals surface area contributed by atoms with Gasteiger partial charge in [-0.15, -0.1) is 0 Å². The van der Waals surface area contributed by atoms with Crippen molar-refractivity contribution in [3.63, 3.8) is 0 Å². The topological polar surface area (TPSA) is 46.2 Å². The Hall–Kier alpha value is -0.0800. The summed E-state index contributed by atoms with van der Waals surface area (Å²) in [6.45, 7) is 4.32. The Kier molecular flexibility index (Phi) is 4.72. The lowest BCUT2D eigenvalue weighted by Crippen LogP contribution is -2.32. The van der Waals surface area contributed by atoms with Gasteiger partial charge in [0.25, 0.3) is 0 Å². The van der Waals surface area contributed by atoms with Gasteiger partial charge in [-0.1, -0.05) is 26.7 Å². The molecule has 0 aliphatic heterocycles. The zero-order valence-corrected chi connectivity index (χ0v) is 6.30. The van der Waals surface area contributed by atoms with Crippen molar-refractivity contribution < 1.29 is 5.11 Å². The highest BCUT2D eigenvalue weighted by molar-refractivity contribution is 4.68. The first-order chi connectivity index (χ1) is 4.26. The van der Waals surface area contributed by atoms with Crippen LogP contribution in [0.2, 0.25) is 0 Å². The molecular weight excluding hydrogens is 114 g/mol. The molecular formula is C7H17NO. The normalized spacial score (nSPS) is 14.3. The molecule has 56 valence electrons. The summed E-state index contributed by atoms with van der Waals surface area (Å²) >= 11 is 0. The summed E-state index contributed by atoms with van der Waals surface area (Å²) in [6.07, 6.45) is 2.14. The number of aliphatic hydroxyl groups is 1. The molecule has 0 spiro atoms. The molecule has 0 aliphatic carbocycles. The van der Waals surface area contributed by atoms with Crippen LogP contribution in [0.4, 0.5) is 0 Å². The fourth-order valence-electron chi connectivity index (χ4n) is 1.04. The minimum Gasteiger partial charge on any atom is -0.395 e. The zero-order valence-electron chi connectivity index (χ0n) is 6.30. The third-order valence-electron chi connectivity index (χ3n) is 1.87. The Morgan fingerprint density at radius 3 is 1.89 bits per heavy atom. The minimum absolute atomic E-state index is 0.0139.